The summed E-state index contributed by atoms with van der Waals surface area (Å²) in [4.78, 5) is 25.6. The van der Waals surface area contributed by atoms with Gasteiger partial charge in [0.15, 0.2) is 0 Å². The minimum atomic E-state index is -0.208. The summed E-state index contributed by atoms with van der Waals surface area (Å²) in [5, 5.41) is 0. The van der Waals surface area contributed by atoms with Crippen LogP contribution >= 0.6 is 0 Å². The fourth-order valence-corrected chi connectivity index (χ4v) is 3.79. The van der Waals surface area contributed by atoms with Crippen LogP contribution in [0.25, 0.3) is 0 Å². The summed E-state index contributed by atoms with van der Waals surface area (Å²) < 4.78 is 13.2. The quantitative estimate of drug-likeness (QED) is 0.767. The van der Waals surface area contributed by atoms with Crippen LogP contribution in [-0.2, 0) is 17.8 Å². The molecule has 150 valence electrons. The lowest BCUT2D eigenvalue weighted by molar-refractivity contribution is -0.131. The molecule has 1 aromatic carbocycles. The van der Waals surface area contributed by atoms with E-state index < -0.39 is 0 Å². The molecule has 0 unspecified atom stereocenters. The molecule has 3 rings (SSSR count). The molecule has 6 heteroatoms. The standard InChI is InChI=1S/C22H29FN4O/c1-17(2)21-16-27(22(28)9-8-20-14-24-10-11-25-20)13-3-12-26(21)15-18-4-6-19(23)7-5-18/h4-7,10-11,14,17,21H,3,8-9,12-13,15-16H2,1-2H3/t21-/m0/s1. The SMILES string of the molecule is CC(C)[C@@H]1CN(C(=O)CCc2cnccn2)CCCN1Cc1ccc(F)cc1. The molecule has 28 heavy (non-hydrogen) atoms. The molecule has 1 aliphatic heterocycles. The average molecular weight is 384 g/mol. The number of benzene rings is 1. The number of amides is 1. The first-order valence-electron chi connectivity index (χ1n) is 10.0. The number of carbonyl (C=O) groups excluding carboxylic acids is 1. The molecule has 0 spiro atoms. The number of carbonyl (C=O) groups is 1. The maximum atomic E-state index is 13.2. The van der Waals surface area contributed by atoms with Crippen molar-refractivity contribution < 1.29 is 9.18 Å². The second-order valence-corrected chi connectivity index (χ2v) is 7.80. The maximum Gasteiger partial charge on any atom is 0.223 e. The third-order valence-corrected chi connectivity index (χ3v) is 5.38. The summed E-state index contributed by atoms with van der Waals surface area (Å²) in [6, 6.07) is 7.01. The van der Waals surface area contributed by atoms with Gasteiger partial charge in [0.05, 0.1) is 5.69 Å². The maximum absolute atomic E-state index is 13.2. The van der Waals surface area contributed by atoms with Crippen LogP contribution in [0.15, 0.2) is 42.9 Å². The summed E-state index contributed by atoms with van der Waals surface area (Å²) in [6.45, 7) is 7.64. The smallest absolute Gasteiger partial charge is 0.223 e. The summed E-state index contributed by atoms with van der Waals surface area (Å²) in [7, 11) is 0. The molecule has 0 radical (unpaired) electrons. The van der Waals surface area contributed by atoms with Crippen LogP contribution in [0.4, 0.5) is 4.39 Å². The third-order valence-electron chi connectivity index (χ3n) is 5.38. The van der Waals surface area contributed by atoms with E-state index >= 15 is 0 Å². The number of hydrogen-bond acceptors (Lipinski definition) is 4. The first kappa shape index (κ1) is 20.4. The van der Waals surface area contributed by atoms with Gasteiger partial charge >= 0.3 is 0 Å². The molecule has 1 aliphatic rings. The molecular formula is C22H29FN4O. The lowest BCUT2D eigenvalue weighted by Crippen LogP contribution is -2.45. The Bertz CT molecular complexity index is 751. The van der Waals surface area contributed by atoms with Gasteiger partial charge in [0.2, 0.25) is 5.91 Å². The van der Waals surface area contributed by atoms with Gasteiger partial charge in [-0.3, -0.25) is 19.7 Å². The van der Waals surface area contributed by atoms with Crippen molar-refractivity contribution in [3.63, 3.8) is 0 Å². The molecule has 0 bridgehead atoms. The van der Waals surface area contributed by atoms with Crippen molar-refractivity contribution in [1.29, 1.82) is 0 Å². The fraction of sp³-hybridized carbons (Fsp3) is 0.500. The lowest BCUT2D eigenvalue weighted by Gasteiger charge is -2.34. The Morgan fingerprint density at radius 1 is 1.21 bits per heavy atom. The monoisotopic (exact) mass is 384 g/mol. The summed E-state index contributed by atoms with van der Waals surface area (Å²) in [5.74, 6) is 0.397. The van der Waals surface area contributed by atoms with Crippen molar-refractivity contribution in [3.8, 4) is 0 Å². The van der Waals surface area contributed by atoms with Crippen molar-refractivity contribution in [3.05, 3.63) is 59.9 Å². The van der Waals surface area contributed by atoms with Gasteiger partial charge in [-0.2, -0.15) is 0 Å². The van der Waals surface area contributed by atoms with Gasteiger partial charge in [-0.15, -0.1) is 0 Å². The Morgan fingerprint density at radius 3 is 2.68 bits per heavy atom. The molecule has 1 amide bonds. The van der Waals surface area contributed by atoms with Crippen LogP contribution in [-0.4, -0.2) is 51.4 Å². The summed E-state index contributed by atoms with van der Waals surface area (Å²) in [5.41, 5.74) is 1.96. The Hall–Kier alpha value is -2.34. The number of hydrogen-bond donors (Lipinski definition) is 0. The Morgan fingerprint density at radius 2 is 2.00 bits per heavy atom. The molecule has 1 fully saturated rings. The minimum Gasteiger partial charge on any atom is -0.341 e. The zero-order chi connectivity index (χ0) is 19.9. The number of nitrogens with zero attached hydrogens (tertiary/aromatic N) is 4. The normalized spacial score (nSPS) is 18.3. The first-order chi connectivity index (χ1) is 13.5. The van der Waals surface area contributed by atoms with E-state index in [9.17, 15) is 9.18 Å². The number of halogens is 1. The predicted octanol–water partition coefficient (Wildman–Crippen LogP) is 3.31. The molecule has 2 aromatic rings. The van der Waals surface area contributed by atoms with Gasteiger partial charge in [0, 0.05) is 57.2 Å². The van der Waals surface area contributed by atoms with Gasteiger partial charge in [0.1, 0.15) is 5.82 Å². The molecule has 1 atom stereocenters. The van der Waals surface area contributed by atoms with E-state index in [1.807, 2.05) is 17.0 Å². The molecular weight excluding hydrogens is 355 g/mol. The van der Waals surface area contributed by atoms with E-state index in [0.717, 1.165) is 43.9 Å². The van der Waals surface area contributed by atoms with Gasteiger partial charge in [-0.1, -0.05) is 26.0 Å². The fourth-order valence-electron chi connectivity index (χ4n) is 3.79. The van der Waals surface area contributed by atoms with Crippen molar-refractivity contribution in [1.82, 2.24) is 19.8 Å². The van der Waals surface area contributed by atoms with Gasteiger partial charge < -0.3 is 4.90 Å². The molecule has 0 aliphatic carbocycles. The van der Waals surface area contributed by atoms with Crippen LogP contribution in [0, 0.1) is 11.7 Å². The predicted molar refractivity (Wildman–Crippen MR) is 107 cm³/mol. The highest BCUT2D eigenvalue weighted by molar-refractivity contribution is 5.76. The lowest BCUT2D eigenvalue weighted by atomic mass is 10.0. The summed E-state index contributed by atoms with van der Waals surface area (Å²) in [6.07, 6.45) is 7.05. The molecule has 0 N–H and O–H groups in total. The van der Waals surface area contributed by atoms with E-state index in [4.69, 9.17) is 0 Å². The topological polar surface area (TPSA) is 49.3 Å². The third kappa shape index (κ3) is 5.58. The zero-order valence-electron chi connectivity index (χ0n) is 16.7. The van der Waals surface area contributed by atoms with Gasteiger partial charge in [0.25, 0.3) is 0 Å². The number of rotatable bonds is 6. The van der Waals surface area contributed by atoms with Crippen LogP contribution in [0.3, 0.4) is 0 Å². The van der Waals surface area contributed by atoms with E-state index in [2.05, 4.69) is 28.7 Å². The first-order valence-corrected chi connectivity index (χ1v) is 10.0. The van der Waals surface area contributed by atoms with E-state index in [0.29, 0.717) is 18.8 Å². The van der Waals surface area contributed by atoms with Crippen LogP contribution in [0.5, 0.6) is 0 Å². The molecule has 5 nitrogen and oxygen atoms in total. The summed E-state index contributed by atoms with van der Waals surface area (Å²) >= 11 is 0. The van der Waals surface area contributed by atoms with Crippen molar-refractivity contribution in [2.45, 2.75) is 45.7 Å². The highest BCUT2D eigenvalue weighted by Gasteiger charge is 2.29. The van der Waals surface area contributed by atoms with Crippen LogP contribution in [0.2, 0.25) is 0 Å². The number of aryl methyl sites for hydroxylation is 1. The van der Waals surface area contributed by atoms with Crippen LogP contribution < -0.4 is 0 Å². The Balaban J connectivity index is 1.62. The van der Waals surface area contributed by atoms with E-state index in [-0.39, 0.29) is 17.8 Å². The van der Waals surface area contributed by atoms with Crippen molar-refractivity contribution in [2.24, 2.45) is 5.92 Å². The van der Waals surface area contributed by atoms with Gasteiger partial charge in [-0.25, -0.2) is 4.39 Å². The second kappa shape index (κ2) is 9.73. The molecule has 1 saturated heterocycles. The Labute approximate surface area is 166 Å². The molecule has 1 aromatic heterocycles. The minimum absolute atomic E-state index is 0.180. The van der Waals surface area contributed by atoms with Crippen molar-refractivity contribution >= 4 is 5.91 Å². The van der Waals surface area contributed by atoms with Gasteiger partial charge in [-0.05, 0) is 36.5 Å². The average Bonchev–Trinajstić information content (AvgIpc) is 2.91. The Kier molecular flexibility index (Phi) is 7.09. The highest BCUT2D eigenvalue weighted by atomic mass is 19.1. The van der Waals surface area contributed by atoms with Crippen LogP contribution in [0.1, 0.15) is 37.9 Å². The van der Waals surface area contributed by atoms with Crippen molar-refractivity contribution in [2.75, 3.05) is 19.6 Å². The molecule has 0 saturated carbocycles. The second-order valence-electron chi connectivity index (χ2n) is 7.80. The zero-order valence-corrected chi connectivity index (χ0v) is 16.7. The van der Waals surface area contributed by atoms with E-state index in [1.165, 1.54) is 12.1 Å². The highest BCUT2D eigenvalue weighted by Crippen LogP contribution is 2.21. The number of aromatic nitrogens is 2. The largest absolute Gasteiger partial charge is 0.341 e. The molecule has 2 heterocycles. The van der Waals surface area contributed by atoms with E-state index in [1.54, 1.807) is 18.6 Å².